The molecule has 6 nitrogen and oxygen atoms in total. The van der Waals surface area contributed by atoms with Gasteiger partial charge in [0.1, 0.15) is 24.9 Å². The summed E-state index contributed by atoms with van der Waals surface area (Å²) in [5.41, 5.74) is 9.68. The molecule has 0 radical (unpaired) electrons. The molecule has 2 aromatic rings. The average molecular weight is 406 g/mol. The van der Waals surface area contributed by atoms with Gasteiger partial charge in [0.2, 0.25) is 0 Å². The van der Waals surface area contributed by atoms with Crippen molar-refractivity contribution in [3.05, 3.63) is 47.5 Å². The summed E-state index contributed by atoms with van der Waals surface area (Å²) < 4.78 is 10.7. The van der Waals surface area contributed by atoms with Gasteiger partial charge >= 0.3 is 0 Å². The minimum Gasteiger partial charge on any atom is -0.495 e. The topological polar surface area (TPSA) is 76.8 Å². The summed E-state index contributed by atoms with van der Waals surface area (Å²) >= 11 is 0. The summed E-state index contributed by atoms with van der Waals surface area (Å²) in [4.78, 5) is 10.1. The Hall–Kier alpha value is -2.73. The highest BCUT2D eigenvalue weighted by atomic mass is 16.5. The number of benzene rings is 2. The van der Waals surface area contributed by atoms with Crippen molar-refractivity contribution >= 4 is 18.2 Å². The van der Waals surface area contributed by atoms with E-state index in [-0.39, 0.29) is 0 Å². The van der Waals surface area contributed by atoms with Gasteiger partial charge in [0, 0.05) is 25.3 Å². The molecule has 0 aromatic heterocycles. The molecule has 29 heavy (non-hydrogen) atoms. The molecule has 0 heterocycles. The van der Waals surface area contributed by atoms with Gasteiger partial charge in [-0.15, -0.1) is 0 Å². The summed E-state index contributed by atoms with van der Waals surface area (Å²) in [7, 11) is 7.61. The predicted molar refractivity (Wildman–Crippen MR) is 125 cm³/mol. The maximum absolute atomic E-state index is 8.00. The molecule has 0 fully saturated rings. The number of hydrogen-bond acceptors (Lipinski definition) is 6. The number of rotatable bonds is 6. The highest BCUT2D eigenvalue weighted by Gasteiger charge is 2.01. The second-order valence-electron chi connectivity index (χ2n) is 6.13. The fraction of sp³-hybridized carbons (Fsp3) is 0.435. The van der Waals surface area contributed by atoms with Crippen LogP contribution in [0.3, 0.4) is 0 Å². The van der Waals surface area contributed by atoms with Crippen LogP contribution in [0.1, 0.15) is 25.0 Å². The van der Waals surface area contributed by atoms with E-state index in [0.29, 0.717) is 5.69 Å². The summed E-state index contributed by atoms with van der Waals surface area (Å²) in [6.45, 7) is 11.7. The van der Waals surface area contributed by atoms with Crippen LogP contribution < -0.4 is 20.5 Å². The molecule has 0 atom stereocenters. The predicted octanol–water partition coefficient (Wildman–Crippen LogP) is 4.40. The lowest BCUT2D eigenvalue weighted by atomic mass is 10.2. The molecular weight excluding hydrogens is 366 g/mol. The van der Waals surface area contributed by atoms with Crippen LogP contribution in [0, 0.1) is 13.8 Å². The van der Waals surface area contributed by atoms with Gasteiger partial charge < -0.3 is 30.2 Å². The maximum atomic E-state index is 8.00. The van der Waals surface area contributed by atoms with Crippen LogP contribution in [0.4, 0.5) is 11.4 Å². The number of methoxy groups -OCH3 is 1. The Kier molecular flexibility index (Phi) is 17.1. The summed E-state index contributed by atoms with van der Waals surface area (Å²) in [6, 6.07) is 11.9. The number of carbonyl (C=O) groups excluding carboxylic acids is 1. The lowest BCUT2D eigenvalue weighted by Gasteiger charge is -2.13. The Bertz CT molecular complexity index is 676. The Balaban J connectivity index is 0. The van der Waals surface area contributed by atoms with Crippen molar-refractivity contribution < 1.29 is 14.3 Å². The van der Waals surface area contributed by atoms with Gasteiger partial charge in [0.25, 0.3) is 0 Å². The van der Waals surface area contributed by atoms with E-state index in [2.05, 4.69) is 23.2 Å². The second-order valence-corrected chi connectivity index (χ2v) is 6.13. The summed E-state index contributed by atoms with van der Waals surface area (Å²) in [6.07, 6.45) is 0. The summed E-state index contributed by atoms with van der Waals surface area (Å²) in [5, 5.41) is 3.10. The third-order valence-electron chi connectivity index (χ3n) is 3.66. The minimum atomic E-state index is 0.688. The first-order valence-electron chi connectivity index (χ1n) is 9.62. The van der Waals surface area contributed by atoms with E-state index in [4.69, 9.17) is 20.0 Å². The maximum Gasteiger partial charge on any atom is 0.142 e. The van der Waals surface area contributed by atoms with E-state index in [1.165, 1.54) is 5.56 Å². The van der Waals surface area contributed by atoms with E-state index in [1.807, 2.05) is 79.0 Å². The number of nitrogens with two attached hydrogens (primary N) is 1. The zero-order valence-electron chi connectivity index (χ0n) is 19.3. The molecule has 0 saturated carbocycles. The van der Waals surface area contributed by atoms with Crippen LogP contribution in [0.5, 0.6) is 11.5 Å². The minimum absolute atomic E-state index is 0.688. The van der Waals surface area contributed by atoms with Crippen LogP contribution >= 0.6 is 0 Å². The van der Waals surface area contributed by atoms with E-state index in [1.54, 1.807) is 7.11 Å². The van der Waals surface area contributed by atoms with Gasteiger partial charge in [-0.1, -0.05) is 26.0 Å². The molecular formula is C23H39N3O3. The number of nitrogen functional groups attached to an aromatic ring is 1. The van der Waals surface area contributed by atoms with Crippen LogP contribution in [-0.2, 0) is 4.79 Å². The van der Waals surface area contributed by atoms with E-state index < -0.39 is 0 Å². The summed E-state index contributed by atoms with van der Waals surface area (Å²) in [5.74, 6) is 1.71. The number of ether oxygens (including phenoxy) is 2. The molecule has 0 saturated heterocycles. The van der Waals surface area contributed by atoms with Crippen LogP contribution in [0.25, 0.3) is 0 Å². The van der Waals surface area contributed by atoms with E-state index in [0.717, 1.165) is 35.9 Å². The number of aryl methyl sites for hydroxylation is 2. The molecule has 0 spiro atoms. The van der Waals surface area contributed by atoms with Crippen molar-refractivity contribution in [3.8, 4) is 11.5 Å². The molecule has 0 amide bonds. The van der Waals surface area contributed by atoms with Crippen molar-refractivity contribution in [1.82, 2.24) is 4.90 Å². The number of anilines is 2. The van der Waals surface area contributed by atoms with Gasteiger partial charge in [-0.3, -0.25) is 0 Å². The molecule has 2 rings (SSSR count). The van der Waals surface area contributed by atoms with E-state index in [9.17, 15) is 0 Å². The Labute approximate surface area is 177 Å². The first-order valence-corrected chi connectivity index (χ1v) is 9.62. The number of likely N-dealkylation sites (N-methyl/N-ethyl adjacent to an activating group) is 1. The van der Waals surface area contributed by atoms with Crippen LogP contribution in [0.2, 0.25) is 0 Å². The SMILES string of the molecule is C=O.CC.CNc1ccc(C)c(OCCN(C)C)c1.COc1cc(C)ccc1N. The molecule has 0 bridgehead atoms. The molecule has 0 aliphatic heterocycles. The molecule has 6 heteroatoms. The van der Waals surface area contributed by atoms with Gasteiger partial charge in [-0.25, -0.2) is 0 Å². The third kappa shape index (κ3) is 12.4. The fourth-order valence-electron chi connectivity index (χ4n) is 2.07. The molecule has 164 valence electrons. The molecule has 3 N–H and O–H groups in total. The van der Waals surface area contributed by atoms with Crippen LogP contribution in [0.15, 0.2) is 36.4 Å². The normalized spacial score (nSPS) is 9.00. The standard InChI is InChI=1S/C12H20N2O.C8H11NO.C2H6.CH2O/c1-10-5-6-11(13-2)9-12(10)15-8-7-14(3)4;1-6-3-4-7(9)8(5-6)10-2;2*1-2/h5-6,9,13H,7-8H2,1-4H3;3-5H,9H2,1-2H3;1-2H3;1H2. The monoisotopic (exact) mass is 405 g/mol. The average Bonchev–Trinajstić information content (AvgIpc) is 2.74. The molecule has 0 aliphatic rings. The van der Waals surface area contributed by atoms with Gasteiger partial charge in [0.15, 0.2) is 0 Å². The van der Waals surface area contributed by atoms with Crippen molar-refractivity contribution in [3.63, 3.8) is 0 Å². The highest BCUT2D eigenvalue weighted by Crippen LogP contribution is 2.22. The number of nitrogens with zero attached hydrogens (tertiary/aromatic N) is 1. The third-order valence-corrected chi connectivity index (χ3v) is 3.66. The molecule has 2 aromatic carbocycles. The number of nitrogens with one attached hydrogen (secondary N) is 1. The number of carbonyl (C=O) groups is 1. The van der Waals surface area contributed by atoms with Gasteiger partial charge in [-0.2, -0.15) is 0 Å². The Morgan fingerprint density at radius 1 is 1.03 bits per heavy atom. The van der Waals surface area contributed by atoms with Gasteiger partial charge in [-0.05, 0) is 57.3 Å². The quantitative estimate of drug-likeness (QED) is 0.694. The largest absolute Gasteiger partial charge is 0.495 e. The Morgan fingerprint density at radius 2 is 1.66 bits per heavy atom. The van der Waals surface area contributed by atoms with Crippen molar-refractivity contribution in [2.75, 3.05) is 52.5 Å². The Morgan fingerprint density at radius 3 is 2.14 bits per heavy atom. The van der Waals surface area contributed by atoms with E-state index >= 15 is 0 Å². The lowest BCUT2D eigenvalue weighted by molar-refractivity contribution is -0.0979. The zero-order chi connectivity index (χ0) is 22.8. The van der Waals surface area contributed by atoms with Crippen molar-refractivity contribution in [2.24, 2.45) is 0 Å². The lowest BCUT2D eigenvalue weighted by Crippen LogP contribution is -2.19. The fourth-order valence-corrected chi connectivity index (χ4v) is 2.07. The van der Waals surface area contributed by atoms with Crippen molar-refractivity contribution in [2.45, 2.75) is 27.7 Å². The molecule has 0 aliphatic carbocycles. The van der Waals surface area contributed by atoms with Crippen LogP contribution in [-0.4, -0.2) is 53.1 Å². The first kappa shape index (κ1) is 28.5. The van der Waals surface area contributed by atoms with Crippen molar-refractivity contribution in [1.29, 1.82) is 0 Å². The second kappa shape index (κ2) is 17.4. The first-order chi connectivity index (χ1) is 13.9. The number of hydrogen-bond donors (Lipinski definition) is 2. The highest BCUT2D eigenvalue weighted by molar-refractivity contribution is 5.53. The smallest absolute Gasteiger partial charge is 0.142 e. The van der Waals surface area contributed by atoms with Gasteiger partial charge in [0.05, 0.1) is 12.8 Å². The molecule has 0 unspecified atom stereocenters. The zero-order valence-corrected chi connectivity index (χ0v) is 19.3.